The first kappa shape index (κ1) is 24.5. The molecule has 2 heterocycles. The van der Waals surface area contributed by atoms with Gasteiger partial charge in [0.05, 0.1) is 5.52 Å². The summed E-state index contributed by atoms with van der Waals surface area (Å²) in [5, 5.41) is 14.7. The first-order chi connectivity index (χ1) is 18.0. The molecule has 0 bridgehead atoms. The number of anilines is 3. The van der Waals surface area contributed by atoms with Gasteiger partial charge in [0.25, 0.3) is 0 Å². The molecule has 0 radical (unpaired) electrons. The van der Waals surface area contributed by atoms with Crippen LogP contribution in [0.15, 0.2) is 59.1 Å². The van der Waals surface area contributed by atoms with E-state index in [-0.39, 0.29) is 6.03 Å². The van der Waals surface area contributed by atoms with E-state index >= 15 is 0 Å². The standard InChI is InChI=1S/C28H33N7O2/c1-18-24(25(34-37-18)20-9-5-4-6-10-20)32-28(36)29-17-19-13-15-21(16-14-19)30-27-31-23-12-8-7-11-22(23)26(33-27)35(2)3/h4-12,19,21H,13-17H2,1-3H3,(H2,29,32,36)(H,30,31,33)/t19-,21+. The van der Waals surface area contributed by atoms with Crippen molar-refractivity contribution in [3.05, 3.63) is 60.4 Å². The summed E-state index contributed by atoms with van der Waals surface area (Å²) in [6.45, 7) is 2.42. The Morgan fingerprint density at radius 1 is 1.00 bits per heavy atom. The molecule has 2 amide bonds. The van der Waals surface area contributed by atoms with E-state index in [4.69, 9.17) is 14.5 Å². The number of amides is 2. The molecule has 5 rings (SSSR count). The van der Waals surface area contributed by atoms with Crippen molar-refractivity contribution in [2.24, 2.45) is 5.92 Å². The second-order valence-corrected chi connectivity index (χ2v) is 9.81. The third-order valence-electron chi connectivity index (χ3n) is 6.89. The third-order valence-corrected chi connectivity index (χ3v) is 6.89. The first-order valence-corrected chi connectivity index (χ1v) is 12.7. The number of nitrogens with zero attached hydrogens (tertiary/aromatic N) is 4. The van der Waals surface area contributed by atoms with E-state index in [0.717, 1.165) is 48.0 Å². The van der Waals surface area contributed by atoms with Crippen LogP contribution in [-0.4, -0.2) is 47.8 Å². The number of hydrogen-bond acceptors (Lipinski definition) is 7. The molecule has 192 valence electrons. The van der Waals surface area contributed by atoms with E-state index < -0.39 is 0 Å². The summed E-state index contributed by atoms with van der Waals surface area (Å²) in [6, 6.07) is 17.8. The number of carbonyl (C=O) groups is 1. The van der Waals surface area contributed by atoms with Crippen LogP contribution in [0.2, 0.25) is 0 Å². The van der Waals surface area contributed by atoms with Crippen LogP contribution in [-0.2, 0) is 0 Å². The molecule has 4 aromatic rings. The number of rotatable bonds is 7. The maximum atomic E-state index is 12.7. The number of aryl methyl sites for hydroxylation is 1. The molecule has 9 nitrogen and oxygen atoms in total. The molecule has 1 fully saturated rings. The van der Waals surface area contributed by atoms with Gasteiger partial charge in [-0.05, 0) is 50.7 Å². The Morgan fingerprint density at radius 2 is 1.73 bits per heavy atom. The Morgan fingerprint density at radius 3 is 2.49 bits per heavy atom. The molecule has 0 atom stereocenters. The summed E-state index contributed by atoms with van der Waals surface area (Å²) in [5.41, 5.74) is 3.07. The lowest BCUT2D eigenvalue weighted by atomic mass is 9.86. The van der Waals surface area contributed by atoms with Gasteiger partial charge in [0, 0.05) is 37.6 Å². The fraction of sp³-hybridized carbons (Fsp3) is 0.357. The Kier molecular flexibility index (Phi) is 7.20. The summed E-state index contributed by atoms with van der Waals surface area (Å²) in [6.07, 6.45) is 4.05. The molecule has 9 heteroatoms. The van der Waals surface area contributed by atoms with Crippen molar-refractivity contribution in [1.29, 1.82) is 0 Å². The average Bonchev–Trinajstić information content (AvgIpc) is 3.28. The fourth-order valence-corrected chi connectivity index (χ4v) is 4.87. The zero-order valence-electron chi connectivity index (χ0n) is 21.5. The molecular weight excluding hydrogens is 466 g/mol. The number of nitrogens with one attached hydrogen (secondary N) is 3. The van der Waals surface area contributed by atoms with Gasteiger partial charge in [-0.15, -0.1) is 0 Å². The van der Waals surface area contributed by atoms with Gasteiger partial charge in [-0.2, -0.15) is 4.98 Å². The summed E-state index contributed by atoms with van der Waals surface area (Å²) < 4.78 is 5.34. The van der Waals surface area contributed by atoms with E-state index in [1.165, 1.54) is 0 Å². The molecule has 0 aliphatic heterocycles. The highest BCUT2D eigenvalue weighted by Gasteiger charge is 2.23. The van der Waals surface area contributed by atoms with Gasteiger partial charge in [-0.25, -0.2) is 9.78 Å². The largest absolute Gasteiger partial charge is 0.362 e. The van der Waals surface area contributed by atoms with E-state index in [1.807, 2.05) is 67.5 Å². The molecule has 3 N–H and O–H groups in total. The smallest absolute Gasteiger partial charge is 0.319 e. The van der Waals surface area contributed by atoms with Gasteiger partial charge < -0.3 is 25.4 Å². The second kappa shape index (κ2) is 10.9. The number of aromatic nitrogens is 3. The Balaban J connectivity index is 1.13. The van der Waals surface area contributed by atoms with Crippen LogP contribution in [0.5, 0.6) is 0 Å². The van der Waals surface area contributed by atoms with E-state index in [9.17, 15) is 4.79 Å². The lowest BCUT2D eigenvalue weighted by Gasteiger charge is -2.29. The predicted molar refractivity (Wildman–Crippen MR) is 147 cm³/mol. The average molecular weight is 500 g/mol. The van der Waals surface area contributed by atoms with Gasteiger partial charge in [0.2, 0.25) is 5.95 Å². The Hall–Kier alpha value is -4.14. The Bertz CT molecular complexity index is 1360. The highest BCUT2D eigenvalue weighted by Crippen LogP contribution is 2.30. The van der Waals surface area contributed by atoms with Crippen LogP contribution in [0.1, 0.15) is 31.4 Å². The maximum Gasteiger partial charge on any atom is 0.319 e. The molecule has 0 spiro atoms. The molecule has 0 saturated heterocycles. The SMILES string of the molecule is Cc1onc(-c2ccccc2)c1NC(=O)NC[C@H]1CC[C@@H](Nc2nc(N(C)C)c3ccccc3n2)CC1. The number of hydrogen-bond donors (Lipinski definition) is 3. The summed E-state index contributed by atoms with van der Waals surface area (Å²) in [7, 11) is 4.00. The van der Waals surface area contributed by atoms with Gasteiger partial charge in [-0.1, -0.05) is 47.6 Å². The zero-order valence-corrected chi connectivity index (χ0v) is 21.5. The summed E-state index contributed by atoms with van der Waals surface area (Å²) in [5.74, 6) is 2.59. The fourth-order valence-electron chi connectivity index (χ4n) is 4.87. The van der Waals surface area contributed by atoms with Crippen molar-refractivity contribution in [3.8, 4) is 11.3 Å². The molecule has 2 aromatic carbocycles. The van der Waals surface area contributed by atoms with Gasteiger partial charge in [-0.3, -0.25) is 0 Å². The van der Waals surface area contributed by atoms with Crippen molar-refractivity contribution < 1.29 is 9.32 Å². The molecule has 37 heavy (non-hydrogen) atoms. The lowest BCUT2D eigenvalue weighted by molar-refractivity contribution is 0.246. The van der Waals surface area contributed by atoms with Crippen molar-refractivity contribution in [2.75, 3.05) is 36.2 Å². The molecule has 1 saturated carbocycles. The minimum atomic E-state index is -0.246. The highest BCUT2D eigenvalue weighted by atomic mass is 16.5. The molecule has 1 aliphatic rings. The molecular formula is C28H33N7O2. The van der Waals surface area contributed by atoms with Crippen LogP contribution >= 0.6 is 0 Å². The maximum absolute atomic E-state index is 12.7. The molecule has 1 aliphatic carbocycles. The van der Waals surface area contributed by atoms with Crippen molar-refractivity contribution in [2.45, 2.75) is 38.6 Å². The number of urea groups is 1. The van der Waals surface area contributed by atoms with Crippen LogP contribution < -0.4 is 20.9 Å². The second-order valence-electron chi connectivity index (χ2n) is 9.81. The number of para-hydroxylation sites is 1. The van der Waals surface area contributed by atoms with Crippen molar-refractivity contribution >= 4 is 34.4 Å². The summed E-state index contributed by atoms with van der Waals surface area (Å²) in [4.78, 5) is 24.2. The van der Waals surface area contributed by atoms with Crippen molar-refractivity contribution in [1.82, 2.24) is 20.4 Å². The summed E-state index contributed by atoms with van der Waals surface area (Å²) >= 11 is 0. The van der Waals surface area contributed by atoms with Gasteiger partial charge >= 0.3 is 6.03 Å². The highest BCUT2D eigenvalue weighted by molar-refractivity contribution is 5.94. The van der Waals surface area contributed by atoms with Gasteiger partial charge in [0.15, 0.2) is 5.76 Å². The van der Waals surface area contributed by atoms with Crippen molar-refractivity contribution in [3.63, 3.8) is 0 Å². The van der Waals surface area contributed by atoms with Crippen LogP contribution in [0.4, 0.5) is 22.2 Å². The monoisotopic (exact) mass is 499 g/mol. The number of benzene rings is 2. The van der Waals surface area contributed by atoms with E-state index in [1.54, 1.807) is 6.92 Å². The zero-order chi connectivity index (χ0) is 25.8. The Labute approximate surface area is 216 Å². The first-order valence-electron chi connectivity index (χ1n) is 12.7. The van der Waals surface area contributed by atoms with Crippen LogP contribution in [0, 0.1) is 12.8 Å². The van der Waals surface area contributed by atoms with E-state index in [0.29, 0.717) is 41.6 Å². The normalized spacial score (nSPS) is 17.4. The van der Waals surface area contributed by atoms with Crippen LogP contribution in [0.3, 0.4) is 0 Å². The third kappa shape index (κ3) is 5.66. The predicted octanol–water partition coefficient (Wildman–Crippen LogP) is 5.45. The number of fused-ring (bicyclic) bond motifs is 1. The minimum Gasteiger partial charge on any atom is -0.362 e. The minimum absolute atomic E-state index is 0.246. The topological polar surface area (TPSA) is 108 Å². The van der Waals surface area contributed by atoms with E-state index in [2.05, 4.69) is 27.2 Å². The molecule has 0 unspecified atom stereocenters. The lowest BCUT2D eigenvalue weighted by Crippen LogP contribution is -2.36. The van der Waals surface area contributed by atoms with Crippen LogP contribution in [0.25, 0.3) is 22.2 Å². The quantitative estimate of drug-likeness (QED) is 0.310. The van der Waals surface area contributed by atoms with Gasteiger partial charge in [0.1, 0.15) is 17.2 Å². The number of carbonyl (C=O) groups excluding carboxylic acids is 1. The molecule has 2 aromatic heterocycles.